The predicted octanol–water partition coefficient (Wildman–Crippen LogP) is 3.91. The van der Waals surface area contributed by atoms with Crippen molar-refractivity contribution in [2.45, 2.75) is 20.0 Å². The normalized spacial score (nSPS) is 11.4. The van der Waals surface area contributed by atoms with E-state index in [1.54, 1.807) is 29.5 Å². The van der Waals surface area contributed by atoms with Crippen LogP contribution in [0.2, 0.25) is 0 Å². The molecule has 94 valence electrons. The van der Waals surface area contributed by atoms with Gasteiger partial charge in [0.2, 0.25) is 0 Å². The average Bonchev–Trinajstić information content (AvgIpc) is 2.18. The van der Waals surface area contributed by atoms with Gasteiger partial charge in [-0.15, -0.1) is 0 Å². The molecule has 0 fully saturated rings. The summed E-state index contributed by atoms with van der Waals surface area (Å²) in [6.07, 6.45) is -4.56. The van der Waals surface area contributed by atoms with E-state index in [-0.39, 0.29) is 21.5 Å². The maximum Gasteiger partial charge on any atom is 0.418 e. The molecule has 1 rings (SSSR count). The second-order valence-corrected chi connectivity index (χ2v) is 4.37. The Balaban J connectivity index is 3.48. The van der Waals surface area contributed by atoms with E-state index < -0.39 is 17.5 Å². The Bertz CT molecular complexity index is 441. The average molecular weight is 358 g/mol. The van der Waals surface area contributed by atoms with Crippen LogP contribution in [-0.2, 0) is 6.18 Å². The molecule has 2 nitrogen and oxygen atoms in total. The lowest BCUT2D eigenvalue weighted by atomic mass is 10.0. The molecular weight excluding hydrogens is 348 g/mol. The van der Waals surface area contributed by atoms with Crippen LogP contribution in [0, 0.1) is 3.57 Å². The van der Waals surface area contributed by atoms with Crippen LogP contribution in [0.25, 0.3) is 0 Å². The monoisotopic (exact) mass is 358 g/mol. The van der Waals surface area contributed by atoms with Crippen molar-refractivity contribution in [1.82, 2.24) is 0 Å². The van der Waals surface area contributed by atoms with E-state index in [2.05, 4.69) is 0 Å². The zero-order chi connectivity index (χ0) is 13.2. The van der Waals surface area contributed by atoms with E-state index in [4.69, 9.17) is 4.74 Å². The number of ketones is 1. The number of carbonyl (C=O) groups excluding carboxylic acids is 1. The van der Waals surface area contributed by atoms with Gasteiger partial charge in [-0.3, -0.25) is 4.79 Å². The summed E-state index contributed by atoms with van der Waals surface area (Å²) in [5.74, 6) is -0.469. The Morgan fingerprint density at radius 2 is 2.00 bits per heavy atom. The van der Waals surface area contributed by atoms with Gasteiger partial charge in [0, 0.05) is 5.56 Å². The van der Waals surface area contributed by atoms with E-state index in [1.807, 2.05) is 0 Å². The summed E-state index contributed by atoms with van der Waals surface area (Å²) >= 11 is 1.55. The lowest BCUT2D eigenvalue weighted by Gasteiger charge is -2.16. The summed E-state index contributed by atoms with van der Waals surface area (Å²) in [7, 11) is 0. The van der Waals surface area contributed by atoms with Crippen LogP contribution in [0.4, 0.5) is 13.2 Å². The molecule has 0 N–H and O–H groups in total. The molecular formula is C11H10F3IO2. The van der Waals surface area contributed by atoms with Gasteiger partial charge in [-0.25, -0.2) is 0 Å². The number of Topliss-reactive ketones (excluding diaryl/α,β-unsaturated/α-hetero) is 1. The molecule has 0 spiro atoms. The number of hydrogen-bond acceptors (Lipinski definition) is 2. The molecule has 17 heavy (non-hydrogen) atoms. The fourth-order valence-corrected chi connectivity index (χ4v) is 2.33. The summed E-state index contributed by atoms with van der Waals surface area (Å²) in [6.45, 7) is 3.07. The number of alkyl halides is 3. The molecule has 1 aromatic carbocycles. The molecule has 6 heteroatoms. The maximum atomic E-state index is 12.9. The first-order valence-electron chi connectivity index (χ1n) is 4.82. The molecule has 1 aromatic rings. The molecule has 0 radical (unpaired) electrons. The zero-order valence-corrected chi connectivity index (χ0v) is 11.3. The Morgan fingerprint density at radius 3 is 2.41 bits per heavy atom. The summed E-state index contributed by atoms with van der Waals surface area (Å²) in [4.78, 5) is 11.2. The molecule has 0 aromatic heterocycles. The van der Waals surface area contributed by atoms with Crippen molar-refractivity contribution < 1.29 is 22.7 Å². The second-order valence-electron chi connectivity index (χ2n) is 3.29. The summed E-state index contributed by atoms with van der Waals surface area (Å²) in [6, 6.07) is 2.54. The van der Waals surface area contributed by atoms with Gasteiger partial charge in [-0.05, 0) is 48.6 Å². The van der Waals surface area contributed by atoms with Crippen LogP contribution in [0.5, 0.6) is 5.75 Å². The molecule has 0 atom stereocenters. The molecule has 0 saturated heterocycles. The highest BCUT2D eigenvalue weighted by atomic mass is 127. The largest absolute Gasteiger partial charge is 0.493 e. The lowest BCUT2D eigenvalue weighted by molar-refractivity contribution is -0.138. The van der Waals surface area contributed by atoms with Crippen molar-refractivity contribution in [1.29, 1.82) is 0 Å². The number of carbonyl (C=O) groups is 1. The van der Waals surface area contributed by atoms with Crippen LogP contribution in [0.15, 0.2) is 12.1 Å². The Hall–Kier alpha value is -0.790. The topological polar surface area (TPSA) is 26.3 Å². The van der Waals surface area contributed by atoms with Crippen LogP contribution in [0.3, 0.4) is 0 Å². The highest BCUT2D eigenvalue weighted by molar-refractivity contribution is 14.1. The molecule has 0 unspecified atom stereocenters. The van der Waals surface area contributed by atoms with Crippen LogP contribution in [0.1, 0.15) is 29.8 Å². The Kier molecular flexibility index (Phi) is 4.40. The zero-order valence-electron chi connectivity index (χ0n) is 9.19. The molecule has 0 saturated carbocycles. The first-order chi connectivity index (χ1) is 7.79. The number of rotatable bonds is 3. The van der Waals surface area contributed by atoms with Gasteiger partial charge < -0.3 is 4.74 Å². The Morgan fingerprint density at radius 1 is 1.41 bits per heavy atom. The third-order valence-corrected chi connectivity index (χ3v) is 3.14. The highest BCUT2D eigenvalue weighted by Gasteiger charge is 2.38. The van der Waals surface area contributed by atoms with E-state index >= 15 is 0 Å². The van der Waals surface area contributed by atoms with Gasteiger partial charge in [0.15, 0.2) is 5.78 Å². The van der Waals surface area contributed by atoms with Gasteiger partial charge in [0.05, 0.1) is 15.7 Å². The van der Waals surface area contributed by atoms with Crippen molar-refractivity contribution in [2.75, 3.05) is 6.61 Å². The van der Waals surface area contributed by atoms with Crippen molar-refractivity contribution in [3.8, 4) is 5.75 Å². The molecule has 0 heterocycles. The standard InChI is InChI=1S/C11H10F3IO2/c1-3-17-8-5-4-7(6(2)16)9(10(8)15)11(12,13)14/h4-5H,3H2,1-2H3. The number of ether oxygens (including phenoxy) is 1. The minimum absolute atomic E-state index is 0.0790. The van der Waals surface area contributed by atoms with Gasteiger partial charge in [0.25, 0.3) is 0 Å². The van der Waals surface area contributed by atoms with Crippen molar-refractivity contribution in [2.24, 2.45) is 0 Å². The minimum atomic E-state index is -4.56. The number of benzene rings is 1. The SMILES string of the molecule is CCOc1ccc(C(C)=O)c(C(F)(F)F)c1I. The highest BCUT2D eigenvalue weighted by Crippen LogP contribution is 2.39. The van der Waals surface area contributed by atoms with Crippen molar-refractivity contribution in [3.05, 3.63) is 26.8 Å². The minimum Gasteiger partial charge on any atom is -0.493 e. The van der Waals surface area contributed by atoms with Crippen molar-refractivity contribution >= 4 is 28.4 Å². The molecule has 0 aliphatic rings. The number of halogens is 4. The molecule has 0 aliphatic heterocycles. The van der Waals surface area contributed by atoms with E-state index in [9.17, 15) is 18.0 Å². The van der Waals surface area contributed by atoms with E-state index in [1.165, 1.54) is 6.07 Å². The number of hydrogen-bond donors (Lipinski definition) is 0. The first kappa shape index (κ1) is 14.3. The van der Waals surface area contributed by atoms with Crippen LogP contribution >= 0.6 is 22.6 Å². The third-order valence-electron chi connectivity index (χ3n) is 2.07. The van der Waals surface area contributed by atoms with Gasteiger partial charge in [-0.2, -0.15) is 13.2 Å². The molecule has 0 aliphatic carbocycles. The molecule has 0 bridgehead atoms. The quantitative estimate of drug-likeness (QED) is 0.605. The Labute approximate surface area is 110 Å². The molecule has 0 amide bonds. The van der Waals surface area contributed by atoms with Crippen molar-refractivity contribution in [3.63, 3.8) is 0 Å². The van der Waals surface area contributed by atoms with Gasteiger partial charge in [0.1, 0.15) is 5.75 Å². The maximum absolute atomic E-state index is 12.9. The summed E-state index contributed by atoms with van der Waals surface area (Å²) in [5.41, 5.74) is -1.25. The first-order valence-corrected chi connectivity index (χ1v) is 5.90. The lowest BCUT2D eigenvalue weighted by Crippen LogP contribution is -2.15. The van der Waals surface area contributed by atoms with Crippen LogP contribution < -0.4 is 4.74 Å². The predicted molar refractivity (Wildman–Crippen MR) is 65.3 cm³/mol. The van der Waals surface area contributed by atoms with Gasteiger partial charge in [-0.1, -0.05) is 0 Å². The van der Waals surface area contributed by atoms with Crippen LogP contribution in [-0.4, -0.2) is 12.4 Å². The fraction of sp³-hybridized carbons (Fsp3) is 0.364. The van der Waals surface area contributed by atoms with E-state index in [0.717, 1.165) is 13.0 Å². The van der Waals surface area contributed by atoms with Gasteiger partial charge >= 0.3 is 6.18 Å². The van der Waals surface area contributed by atoms with E-state index in [0.29, 0.717) is 0 Å². The second kappa shape index (κ2) is 5.24. The smallest absolute Gasteiger partial charge is 0.418 e. The summed E-state index contributed by atoms with van der Waals surface area (Å²) < 4.78 is 43.6. The fourth-order valence-electron chi connectivity index (χ4n) is 1.39. The summed E-state index contributed by atoms with van der Waals surface area (Å²) in [5, 5.41) is 0. The third kappa shape index (κ3) is 3.11.